The van der Waals surface area contributed by atoms with Crippen LogP contribution in [0.25, 0.3) is 0 Å². The summed E-state index contributed by atoms with van der Waals surface area (Å²) in [5.74, 6) is 0.142. The van der Waals surface area contributed by atoms with Crippen LogP contribution < -0.4 is 5.32 Å². The Morgan fingerprint density at radius 2 is 1.93 bits per heavy atom. The smallest absolute Gasteiger partial charge is 0.244 e. The van der Waals surface area contributed by atoms with Crippen molar-refractivity contribution in [3.05, 3.63) is 53.8 Å². The third-order valence-electron chi connectivity index (χ3n) is 5.34. The van der Waals surface area contributed by atoms with Crippen LogP contribution in [0, 0.1) is 11.7 Å². The molecule has 0 saturated carbocycles. The normalized spacial score (nSPS) is 21.0. The fourth-order valence-corrected chi connectivity index (χ4v) is 6.10. The molecule has 6 nitrogen and oxygen atoms in total. The number of hydrogen-bond acceptors (Lipinski definition) is 5. The number of nitrogens with zero attached hydrogens (tertiary/aromatic N) is 2. The van der Waals surface area contributed by atoms with Crippen LogP contribution in [0.5, 0.6) is 0 Å². The van der Waals surface area contributed by atoms with Crippen molar-refractivity contribution in [1.29, 1.82) is 0 Å². The number of hydrogen-bond donors (Lipinski definition) is 1. The van der Waals surface area contributed by atoms with Crippen LogP contribution in [0.4, 0.5) is 10.1 Å². The standard InChI is InChI=1S/C21H24FN3O3S2/c1-15-13-29-20-8-7-18(11-19(20)23-21(15)26)30(27,28)25-10-2-9-24(14-25)12-16-3-5-17(22)6-4-16/h3-8,11,15H,2,9-10,12-14H2,1H3,(H,23,26)/t15-/m1/s1. The largest absolute Gasteiger partial charge is 0.325 e. The molecule has 1 fully saturated rings. The molecule has 1 N–H and O–H groups in total. The Morgan fingerprint density at radius 3 is 2.70 bits per heavy atom. The Bertz CT molecular complexity index is 1040. The maximum atomic E-state index is 13.3. The minimum atomic E-state index is -3.70. The van der Waals surface area contributed by atoms with Gasteiger partial charge in [-0.2, -0.15) is 4.31 Å². The molecule has 0 bridgehead atoms. The van der Waals surface area contributed by atoms with Gasteiger partial charge in [0, 0.05) is 36.2 Å². The Balaban J connectivity index is 1.52. The maximum absolute atomic E-state index is 13.3. The minimum Gasteiger partial charge on any atom is -0.325 e. The molecule has 0 radical (unpaired) electrons. The first kappa shape index (κ1) is 21.3. The van der Waals surface area contributed by atoms with Crippen LogP contribution in [0.15, 0.2) is 52.3 Å². The average Bonchev–Trinajstić information content (AvgIpc) is 2.88. The summed E-state index contributed by atoms with van der Waals surface area (Å²) >= 11 is 1.55. The van der Waals surface area contributed by atoms with Gasteiger partial charge in [-0.25, -0.2) is 12.8 Å². The summed E-state index contributed by atoms with van der Waals surface area (Å²) in [4.78, 5) is 15.3. The van der Waals surface area contributed by atoms with Gasteiger partial charge in [0.25, 0.3) is 0 Å². The number of anilines is 1. The van der Waals surface area contributed by atoms with Crippen LogP contribution in [-0.2, 0) is 21.4 Å². The van der Waals surface area contributed by atoms with Crippen LogP contribution in [-0.4, -0.2) is 49.0 Å². The summed E-state index contributed by atoms with van der Waals surface area (Å²) in [6.45, 7) is 3.90. The number of benzene rings is 2. The number of sulfonamides is 1. The summed E-state index contributed by atoms with van der Waals surface area (Å²) in [5, 5.41) is 2.85. The van der Waals surface area contributed by atoms with Gasteiger partial charge < -0.3 is 5.32 Å². The zero-order valence-corrected chi connectivity index (χ0v) is 18.3. The predicted octanol–water partition coefficient (Wildman–Crippen LogP) is 3.36. The highest BCUT2D eigenvalue weighted by Crippen LogP contribution is 2.35. The summed E-state index contributed by atoms with van der Waals surface area (Å²) in [6, 6.07) is 11.2. The first-order valence-electron chi connectivity index (χ1n) is 9.87. The topological polar surface area (TPSA) is 69.7 Å². The van der Waals surface area contributed by atoms with E-state index in [4.69, 9.17) is 0 Å². The lowest BCUT2D eigenvalue weighted by atomic mass is 10.2. The number of carbonyl (C=O) groups is 1. The molecule has 0 unspecified atom stereocenters. The van der Waals surface area contributed by atoms with Crippen molar-refractivity contribution >= 4 is 33.4 Å². The molecule has 0 aromatic heterocycles. The molecule has 160 valence electrons. The quantitative estimate of drug-likeness (QED) is 0.775. The van der Waals surface area contributed by atoms with E-state index in [9.17, 15) is 17.6 Å². The van der Waals surface area contributed by atoms with Gasteiger partial charge in [0.05, 0.1) is 17.3 Å². The molecule has 9 heteroatoms. The lowest BCUT2D eigenvalue weighted by Gasteiger charge is -2.35. The van der Waals surface area contributed by atoms with Crippen molar-refractivity contribution < 1.29 is 17.6 Å². The average molecular weight is 450 g/mol. The first-order valence-corrected chi connectivity index (χ1v) is 12.3. The van der Waals surface area contributed by atoms with E-state index in [-0.39, 0.29) is 29.2 Å². The number of rotatable bonds is 4. The van der Waals surface area contributed by atoms with E-state index < -0.39 is 10.0 Å². The molecule has 2 aliphatic rings. The van der Waals surface area contributed by atoms with E-state index in [1.807, 2.05) is 11.8 Å². The first-order chi connectivity index (χ1) is 14.3. The van der Waals surface area contributed by atoms with E-state index in [1.54, 1.807) is 42.1 Å². The molecule has 2 aromatic rings. The van der Waals surface area contributed by atoms with Gasteiger partial charge in [0.2, 0.25) is 15.9 Å². The number of nitrogens with one attached hydrogen (secondary N) is 1. The predicted molar refractivity (Wildman–Crippen MR) is 115 cm³/mol. The van der Waals surface area contributed by atoms with Gasteiger partial charge in [-0.1, -0.05) is 19.1 Å². The summed E-state index contributed by atoms with van der Waals surface area (Å²) in [5.41, 5.74) is 1.49. The van der Waals surface area contributed by atoms with Crippen LogP contribution in [0.1, 0.15) is 18.9 Å². The zero-order valence-electron chi connectivity index (χ0n) is 16.7. The maximum Gasteiger partial charge on any atom is 0.244 e. The van der Waals surface area contributed by atoms with Gasteiger partial charge in [0.15, 0.2) is 0 Å². The molecular weight excluding hydrogens is 425 g/mol. The SMILES string of the molecule is C[C@@H]1CSc2ccc(S(=O)(=O)N3CCCN(Cc4ccc(F)cc4)C3)cc2NC1=O. The van der Waals surface area contributed by atoms with Crippen molar-refractivity contribution in [3.63, 3.8) is 0 Å². The summed E-state index contributed by atoms with van der Waals surface area (Å²) < 4.78 is 41.2. The van der Waals surface area contributed by atoms with Gasteiger partial charge in [-0.15, -0.1) is 11.8 Å². The fraction of sp³-hybridized carbons (Fsp3) is 0.381. The van der Waals surface area contributed by atoms with Crippen molar-refractivity contribution in [2.75, 3.05) is 30.8 Å². The number of fused-ring (bicyclic) bond motifs is 1. The van der Waals surface area contributed by atoms with Crippen molar-refractivity contribution in [2.24, 2.45) is 5.92 Å². The highest BCUT2D eigenvalue weighted by Gasteiger charge is 2.30. The molecule has 30 heavy (non-hydrogen) atoms. The Labute approximate surface area is 180 Å². The zero-order chi connectivity index (χ0) is 21.3. The summed E-state index contributed by atoms with van der Waals surface area (Å²) in [7, 11) is -3.70. The minimum absolute atomic E-state index is 0.0979. The molecule has 1 amide bonds. The molecule has 0 spiro atoms. The van der Waals surface area contributed by atoms with Crippen molar-refractivity contribution in [1.82, 2.24) is 9.21 Å². The van der Waals surface area contributed by atoms with Crippen LogP contribution in [0.2, 0.25) is 0 Å². The molecule has 4 rings (SSSR count). The van der Waals surface area contributed by atoms with Gasteiger partial charge in [0.1, 0.15) is 5.82 Å². The summed E-state index contributed by atoms with van der Waals surface area (Å²) in [6.07, 6.45) is 0.718. The Hall–Kier alpha value is -1.94. The number of amides is 1. The van der Waals surface area contributed by atoms with E-state index in [0.29, 0.717) is 24.5 Å². The highest BCUT2D eigenvalue weighted by molar-refractivity contribution is 7.99. The van der Waals surface area contributed by atoms with Crippen LogP contribution in [0.3, 0.4) is 0 Å². The van der Waals surface area contributed by atoms with Crippen molar-refractivity contribution in [2.45, 2.75) is 29.7 Å². The fourth-order valence-electron chi connectivity index (χ4n) is 3.60. The monoisotopic (exact) mass is 449 g/mol. The molecule has 1 atom stereocenters. The van der Waals surface area contributed by atoms with Gasteiger partial charge in [-0.3, -0.25) is 9.69 Å². The number of halogens is 1. The second kappa shape index (κ2) is 8.66. The van der Waals surface area contributed by atoms with E-state index in [1.165, 1.54) is 16.4 Å². The van der Waals surface area contributed by atoms with E-state index in [0.717, 1.165) is 23.4 Å². The van der Waals surface area contributed by atoms with Crippen LogP contribution >= 0.6 is 11.8 Å². The molecule has 0 aliphatic carbocycles. The Morgan fingerprint density at radius 1 is 1.17 bits per heavy atom. The lowest BCUT2D eigenvalue weighted by molar-refractivity contribution is -0.118. The molecule has 2 heterocycles. The second-order valence-electron chi connectivity index (χ2n) is 7.71. The highest BCUT2D eigenvalue weighted by atomic mass is 32.2. The van der Waals surface area contributed by atoms with Gasteiger partial charge >= 0.3 is 0 Å². The van der Waals surface area contributed by atoms with E-state index >= 15 is 0 Å². The molecule has 2 aliphatic heterocycles. The Kier molecular flexibility index (Phi) is 6.15. The molecular formula is C21H24FN3O3S2. The molecule has 1 saturated heterocycles. The number of thioether (sulfide) groups is 1. The molecule has 2 aromatic carbocycles. The third-order valence-corrected chi connectivity index (χ3v) is 8.50. The lowest BCUT2D eigenvalue weighted by Crippen LogP contribution is -2.47. The third kappa shape index (κ3) is 4.54. The second-order valence-corrected chi connectivity index (χ2v) is 10.7. The van der Waals surface area contributed by atoms with E-state index in [2.05, 4.69) is 5.32 Å². The number of carbonyl (C=O) groups excluding carboxylic acids is 1. The van der Waals surface area contributed by atoms with Crippen molar-refractivity contribution in [3.8, 4) is 0 Å². The van der Waals surface area contributed by atoms with Gasteiger partial charge in [-0.05, 0) is 42.3 Å².